The largest absolute Gasteiger partial charge is 0.369 e. The van der Waals surface area contributed by atoms with Gasteiger partial charge < -0.3 is 20.7 Å². The van der Waals surface area contributed by atoms with Gasteiger partial charge in [-0.1, -0.05) is 0 Å². The third kappa shape index (κ3) is 4.68. The van der Waals surface area contributed by atoms with Gasteiger partial charge in [0.2, 0.25) is 5.91 Å². The minimum absolute atomic E-state index is 0.0136. The molecule has 3 N–H and O–H groups in total. The molecule has 0 aliphatic carbocycles. The van der Waals surface area contributed by atoms with Crippen LogP contribution in [0.25, 0.3) is 0 Å². The van der Waals surface area contributed by atoms with E-state index in [4.69, 9.17) is 10.5 Å². The van der Waals surface area contributed by atoms with Crippen molar-refractivity contribution < 1.29 is 14.3 Å². The van der Waals surface area contributed by atoms with Gasteiger partial charge in [0.25, 0.3) is 5.91 Å². The Labute approximate surface area is 132 Å². The average Bonchev–Trinajstić information content (AvgIpc) is 2.52. The van der Waals surface area contributed by atoms with Crippen LogP contribution in [0.4, 0.5) is 0 Å². The predicted octanol–water partition coefficient (Wildman–Crippen LogP) is 0.649. The van der Waals surface area contributed by atoms with E-state index < -0.39 is 5.60 Å². The lowest BCUT2D eigenvalue weighted by atomic mass is 9.95. The summed E-state index contributed by atoms with van der Waals surface area (Å²) in [5.41, 5.74) is 4.69. The Morgan fingerprint density at radius 3 is 2.64 bits per heavy atom. The van der Waals surface area contributed by atoms with Crippen molar-refractivity contribution in [2.75, 3.05) is 32.8 Å². The first-order valence-corrected chi connectivity index (χ1v) is 8.45. The number of nitrogens with two attached hydrogens (primary N) is 1. The zero-order chi connectivity index (χ0) is 16.0. The van der Waals surface area contributed by atoms with Gasteiger partial charge in [-0.3, -0.25) is 9.59 Å². The average molecular weight is 311 g/mol. The summed E-state index contributed by atoms with van der Waals surface area (Å²) in [4.78, 5) is 25.6. The number of nitrogens with zero attached hydrogens (tertiary/aromatic N) is 1. The normalized spacial score (nSPS) is 27.5. The molecule has 2 amide bonds. The lowest BCUT2D eigenvalue weighted by Gasteiger charge is -2.33. The zero-order valence-corrected chi connectivity index (χ0v) is 13.6. The minimum atomic E-state index is -0.641. The molecule has 2 rings (SSSR count). The molecule has 0 aromatic heterocycles. The standard InChI is InChI=1S/C16H29N3O3/c1-16(7-2-3-12-22-16)15(21)18-8-4-9-19-10-5-13(6-11-19)14(17)20/h13H,2-12H2,1H3,(H2,17,20)(H,18,21). The molecule has 2 saturated heterocycles. The summed E-state index contributed by atoms with van der Waals surface area (Å²) < 4.78 is 5.64. The maximum absolute atomic E-state index is 12.2. The molecule has 0 saturated carbocycles. The van der Waals surface area contributed by atoms with Crippen LogP contribution >= 0.6 is 0 Å². The molecule has 22 heavy (non-hydrogen) atoms. The summed E-state index contributed by atoms with van der Waals surface area (Å²) in [7, 11) is 0. The molecule has 0 aromatic carbocycles. The van der Waals surface area contributed by atoms with Crippen LogP contribution in [0, 0.1) is 5.92 Å². The predicted molar refractivity (Wildman–Crippen MR) is 84.2 cm³/mol. The second-order valence-corrected chi connectivity index (χ2v) is 6.66. The number of amides is 2. The maximum Gasteiger partial charge on any atom is 0.251 e. The molecule has 1 unspecified atom stereocenters. The molecule has 1 atom stereocenters. The Balaban J connectivity index is 1.59. The van der Waals surface area contributed by atoms with Crippen molar-refractivity contribution in [1.82, 2.24) is 10.2 Å². The topological polar surface area (TPSA) is 84.7 Å². The first-order valence-electron chi connectivity index (χ1n) is 8.45. The molecule has 2 fully saturated rings. The van der Waals surface area contributed by atoms with Crippen LogP contribution in [-0.4, -0.2) is 55.1 Å². The van der Waals surface area contributed by atoms with Crippen LogP contribution in [0.15, 0.2) is 0 Å². The fourth-order valence-corrected chi connectivity index (χ4v) is 3.25. The summed E-state index contributed by atoms with van der Waals surface area (Å²) >= 11 is 0. The molecule has 2 aliphatic heterocycles. The van der Waals surface area contributed by atoms with Gasteiger partial charge in [-0.2, -0.15) is 0 Å². The lowest BCUT2D eigenvalue weighted by molar-refractivity contribution is -0.150. The number of carbonyl (C=O) groups excluding carboxylic acids is 2. The zero-order valence-electron chi connectivity index (χ0n) is 13.6. The van der Waals surface area contributed by atoms with E-state index >= 15 is 0 Å². The van der Waals surface area contributed by atoms with Gasteiger partial charge in [0.15, 0.2) is 0 Å². The molecule has 126 valence electrons. The van der Waals surface area contributed by atoms with E-state index in [0.717, 1.165) is 58.2 Å². The van der Waals surface area contributed by atoms with E-state index in [-0.39, 0.29) is 17.7 Å². The Bertz CT molecular complexity index is 386. The summed E-state index contributed by atoms with van der Waals surface area (Å²) in [6.45, 7) is 6.02. The summed E-state index contributed by atoms with van der Waals surface area (Å²) in [6, 6.07) is 0. The van der Waals surface area contributed by atoms with Gasteiger partial charge in [-0.15, -0.1) is 0 Å². The van der Waals surface area contributed by atoms with Gasteiger partial charge >= 0.3 is 0 Å². The number of rotatable bonds is 6. The molecule has 6 nitrogen and oxygen atoms in total. The molecule has 0 bridgehead atoms. The lowest BCUT2D eigenvalue weighted by Crippen LogP contribution is -2.49. The van der Waals surface area contributed by atoms with Crippen molar-refractivity contribution in [3.63, 3.8) is 0 Å². The SMILES string of the molecule is CC1(C(=O)NCCCN2CCC(C(N)=O)CC2)CCCCO1. The molecular formula is C16H29N3O3. The van der Waals surface area contributed by atoms with Crippen LogP contribution in [0.2, 0.25) is 0 Å². The van der Waals surface area contributed by atoms with Crippen LogP contribution in [0.3, 0.4) is 0 Å². The Hall–Kier alpha value is -1.14. The van der Waals surface area contributed by atoms with Crippen LogP contribution in [0.5, 0.6) is 0 Å². The van der Waals surface area contributed by atoms with Crippen molar-refractivity contribution in [3.8, 4) is 0 Å². The minimum Gasteiger partial charge on any atom is -0.369 e. The second-order valence-electron chi connectivity index (χ2n) is 6.66. The molecule has 2 aliphatic rings. The van der Waals surface area contributed by atoms with E-state index in [0.29, 0.717) is 13.2 Å². The summed E-state index contributed by atoms with van der Waals surface area (Å²) in [5.74, 6) is -0.119. The first-order chi connectivity index (χ1) is 10.5. The number of hydrogen-bond acceptors (Lipinski definition) is 4. The van der Waals surface area contributed by atoms with E-state index in [1.807, 2.05) is 6.92 Å². The quantitative estimate of drug-likeness (QED) is 0.705. The number of nitrogens with one attached hydrogen (secondary N) is 1. The third-order valence-corrected chi connectivity index (χ3v) is 4.88. The smallest absolute Gasteiger partial charge is 0.251 e. The number of ether oxygens (including phenoxy) is 1. The van der Waals surface area contributed by atoms with Crippen molar-refractivity contribution in [2.45, 2.75) is 51.0 Å². The number of piperidine rings is 1. The van der Waals surface area contributed by atoms with E-state index in [1.54, 1.807) is 0 Å². The third-order valence-electron chi connectivity index (χ3n) is 4.88. The Kier molecular flexibility index (Phi) is 6.20. The van der Waals surface area contributed by atoms with Gasteiger partial charge in [0.05, 0.1) is 0 Å². The van der Waals surface area contributed by atoms with Crippen molar-refractivity contribution in [1.29, 1.82) is 0 Å². The Morgan fingerprint density at radius 2 is 2.05 bits per heavy atom. The molecule has 0 aromatic rings. The van der Waals surface area contributed by atoms with Crippen LogP contribution in [0.1, 0.15) is 45.4 Å². The highest BCUT2D eigenvalue weighted by Crippen LogP contribution is 2.24. The fraction of sp³-hybridized carbons (Fsp3) is 0.875. The monoisotopic (exact) mass is 311 g/mol. The van der Waals surface area contributed by atoms with Gasteiger partial charge in [-0.05, 0) is 65.1 Å². The highest BCUT2D eigenvalue weighted by atomic mass is 16.5. The molecular weight excluding hydrogens is 282 g/mol. The highest BCUT2D eigenvalue weighted by molar-refractivity contribution is 5.84. The summed E-state index contributed by atoms with van der Waals surface area (Å²) in [5, 5.41) is 2.99. The van der Waals surface area contributed by atoms with Crippen molar-refractivity contribution in [3.05, 3.63) is 0 Å². The van der Waals surface area contributed by atoms with E-state index in [9.17, 15) is 9.59 Å². The van der Waals surface area contributed by atoms with E-state index in [2.05, 4.69) is 10.2 Å². The van der Waals surface area contributed by atoms with Crippen LogP contribution in [-0.2, 0) is 14.3 Å². The number of likely N-dealkylation sites (tertiary alicyclic amines) is 1. The molecule has 0 spiro atoms. The molecule has 2 heterocycles. The number of hydrogen-bond donors (Lipinski definition) is 2. The van der Waals surface area contributed by atoms with Crippen molar-refractivity contribution >= 4 is 11.8 Å². The maximum atomic E-state index is 12.2. The van der Waals surface area contributed by atoms with Gasteiger partial charge in [-0.25, -0.2) is 0 Å². The van der Waals surface area contributed by atoms with Crippen molar-refractivity contribution in [2.24, 2.45) is 11.7 Å². The first kappa shape index (κ1) is 17.2. The number of primary amides is 1. The number of carbonyl (C=O) groups is 2. The van der Waals surface area contributed by atoms with E-state index in [1.165, 1.54) is 0 Å². The fourth-order valence-electron chi connectivity index (χ4n) is 3.25. The summed E-state index contributed by atoms with van der Waals surface area (Å²) in [6.07, 6.45) is 5.53. The van der Waals surface area contributed by atoms with Crippen LogP contribution < -0.4 is 11.1 Å². The van der Waals surface area contributed by atoms with Gasteiger partial charge in [0.1, 0.15) is 5.60 Å². The molecule has 6 heteroatoms. The Morgan fingerprint density at radius 1 is 1.32 bits per heavy atom. The highest BCUT2D eigenvalue weighted by Gasteiger charge is 2.35. The second kappa shape index (κ2) is 7.92. The molecule has 0 radical (unpaired) electrons. The van der Waals surface area contributed by atoms with Gasteiger partial charge in [0, 0.05) is 19.1 Å².